The van der Waals surface area contributed by atoms with Gasteiger partial charge >= 0.3 is 0 Å². The summed E-state index contributed by atoms with van der Waals surface area (Å²) in [5, 5.41) is 0. The van der Waals surface area contributed by atoms with Gasteiger partial charge in [-0.2, -0.15) is 0 Å². The van der Waals surface area contributed by atoms with Crippen molar-refractivity contribution >= 4 is 57.2 Å². The van der Waals surface area contributed by atoms with Crippen LogP contribution in [-0.4, -0.2) is 6.71 Å². The quantitative estimate of drug-likeness (QED) is 0.140. The van der Waals surface area contributed by atoms with Crippen molar-refractivity contribution in [3.63, 3.8) is 0 Å². The Morgan fingerprint density at radius 2 is 0.580 bits per heavy atom. The largest absolute Gasteiger partial charge is 0.311 e. The minimum atomic E-state index is -0.0458. The highest BCUT2D eigenvalue weighted by Crippen LogP contribution is 2.47. The van der Waals surface area contributed by atoms with Crippen LogP contribution in [0.4, 0.5) is 34.1 Å². The third-order valence-electron chi connectivity index (χ3n) is 14.0. The highest BCUT2D eigenvalue weighted by Gasteiger charge is 2.43. The average Bonchev–Trinajstić information content (AvgIpc) is 3.43. The Hall–Kier alpha value is -8.92. The van der Waals surface area contributed by atoms with Gasteiger partial charge in [0.25, 0.3) is 6.71 Å². The standard InChI is InChI=1S/C66H45BN2/c1-6-21-46(22-7-1)52-39-53(47-23-8-2-9-24-47)42-56(41-52)68-62-34-19-18-33-60(62)67-61-45-51(59-32-17-16-31-58(59)50-29-14-5-15-30-50)37-38-63(61)69(65-36-20-35-64(68)66(65)67)57-43-54(48-25-10-3-11-26-48)40-55(44-57)49-27-12-4-13-28-49/h1-45H. The van der Waals surface area contributed by atoms with Crippen LogP contribution in [0.15, 0.2) is 273 Å². The average molecular weight is 877 g/mol. The number of rotatable bonds is 8. The molecule has 11 aromatic rings. The van der Waals surface area contributed by atoms with Gasteiger partial charge in [-0.05, 0) is 144 Å². The van der Waals surface area contributed by atoms with Crippen molar-refractivity contribution in [3.8, 4) is 66.8 Å². The van der Waals surface area contributed by atoms with Crippen molar-refractivity contribution in [2.75, 3.05) is 9.80 Å². The molecule has 0 saturated heterocycles. The van der Waals surface area contributed by atoms with E-state index in [0.29, 0.717) is 0 Å². The predicted octanol–water partition coefficient (Wildman–Crippen LogP) is 15.8. The SMILES string of the molecule is c1ccc(-c2cc(-c3ccccc3)cc(N3c4ccccc4B4c5cc(-c6ccccc6-c6ccccc6)ccc5N(c5cc(-c6ccccc6)cc(-c6ccccc6)c5)c5cccc3c54)c2)cc1. The van der Waals surface area contributed by atoms with Gasteiger partial charge in [0, 0.05) is 34.1 Å². The predicted molar refractivity (Wildman–Crippen MR) is 293 cm³/mol. The molecule has 0 aromatic heterocycles. The van der Waals surface area contributed by atoms with Crippen molar-refractivity contribution in [2.24, 2.45) is 0 Å². The van der Waals surface area contributed by atoms with Crippen molar-refractivity contribution in [1.82, 2.24) is 0 Å². The van der Waals surface area contributed by atoms with E-state index < -0.39 is 0 Å². The van der Waals surface area contributed by atoms with Crippen molar-refractivity contribution < 1.29 is 0 Å². The number of nitrogens with zero attached hydrogens (tertiary/aromatic N) is 2. The lowest BCUT2D eigenvalue weighted by atomic mass is 9.33. The van der Waals surface area contributed by atoms with Gasteiger partial charge in [0.2, 0.25) is 0 Å². The number of fused-ring (bicyclic) bond motifs is 4. The molecule has 0 radical (unpaired) electrons. The van der Waals surface area contributed by atoms with E-state index in [4.69, 9.17) is 0 Å². The first-order chi connectivity index (χ1) is 34.2. The molecule has 0 amide bonds. The summed E-state index contributed by atoms with van der Waals surface area (Å²) in [6.07, 6.45) is 0. The summed E-state index contributed by atoms with van der Waals surface area (Å²) in [7, 11) is 0. The first kappa shape index (κ1) is 40.4. The van der Waals surface area contributed by atoms with Crippen LogP contribution < -0.4 is 26.2 Å². The van der Waals surface area contributed by atoms with Gasteiger partial charge in [0.05, 0.1) is 0 Å². The molecule has 0 aliphatic carbocycles. The smallest absolute Gasteiger partial charge is 0.252 e. The lowest BCUT2D eigenvalue weighted by molar-refractivity contribution is 1.25. The van der Waals surface area contributed by atoms with E-state index in [0.717, 1.165) is 11.4 Å². The molecule has 322 valence electrons. The van der Waals surface area contributed by atoms with Gasteiger partial charge in [0.15, 0.2) is 0 Å². The Kier molecular flexibility index (Phi) is 9.98. The Bertz CT molecular complexity index is 3540. The van der Waals surface area contributed by atoms with E-state index >= 15 is 0 Å². The van der Waals surface area contributed by atoms with Crippen LogP contribution >= 0.6 is 0 Å². The van der Waals surface area contributed by atoms with Gasteiger partial charge in [0.1, 0.15) is 0 Å². The van der Waals surface area contributed by atoms with Crippen LogP contribution in [0.3, 0.4) is 0 Å². The van der Waals surface area contributed by atoms with Gasteiger partial charge in [-0.3, -0.25) is 0 Å². The monoisotopic (exact) mass is 876 g/mol. The fourth-order valence-electron chi connectivity index (χ4n) is 10.9. The van der Waals surface area contributed by atoms with Gasteiger partial charge in [-0.15, -0.1) is 0 Å². The summed E-state index contributed by atoms with van der Waals surface area (Å²) >= 11 is 0. The molecule has 0 spiro atoms. The molecular formula is C66H45BN2. The van der Waals surface area contributed by atoms with E-state index in [9.17, 15) is 0 Å². The first-order valence-corrected chi connectivity index (χ1v) is 23.9. The second-order valence-corrected chi connectivity index (χ2v) is 18.1. The maximum absolute atomic E-state index is 2.54. The summed E-state index contributed by atoms with van der Waals surface area (Å²) in [5.41, 5.74) is 25.1. The molecular weight excluding hydrogens is 832 g/mol. The molecule has 0 N–H and O–H groups in total. The molecule has 0 fully saturated rings. The molecule has 0 unspecified atom stereocenters. The summed E-state index contributed by atoms with van der Waals surface area (Å²) in [6.45, 7) is -0.0458. The molecule has 0 atom stereocenters. The molecule has 2 heterocycles. The molecule has 0 bridgehead atoms. The maximum Gasteiger partial charge on any atom is 0.252 e. The number of hydrogen-bond acceptors (Lipinski definition) is 2. The third kappa shape index (κ3) is 7.15. The lowest BCUT2D eigenvalue weighted by Gasteiger charge is -2.44. The van der Waals surface area contributed by atoms with Crippen LogP contribution in [0.25, 0.3) is 66.8 Å². The van der Waals surface area contributed by atoms with Crippen LogP contribution in [-0.2, 0) is 0 Å². The Morgan fingerprint density at radius 1 is 0.217 bits per heavy atom. The van der Waals surface area contributed by atoms with Crippen molar-refractivity contribution in [3.05, 3.63) is 273 Å². The van der Waals surface area contributed by atoms with Crippen LogP contribution in [0.5, 0.6) is 0 Å². The summed E-state index contributed by atoms with van der Waals surface area (Å²) < 4.78 is 0. The number of hydrogen-bond donors (Lipinski definition) is 0. The highest BCUT2D eigenvalue weighted by molar-refractivity contribution is 7.00. The molecule has 13 rings (SSSR count). The summed E-state index contributed by atoms with van der Waals surface area (Å²) in [6, 6.07) is 100. The minimum Gasteiger partial charge on any atom is -0.311 e. The zero-order valence-electron chi connectivity index (χ0n) is 38.0. The fourth-order valence-corrected chi connectivity index (χ4v) is 10.9. The molecule has 0 saturated carbocycles. The Labute approximate surface area is 404 Å². The first-order valence-electron chi connectivity index (χ1n) is 23.9. The van der Waals surface area contributed by atoms with E-state index in [2.05, 4.69) is 283 Å². The van der Waals surface area contributed by atoms with E-state index in [1.807, 2.05) is 0 Å². The summed E-state index contributed by atoms with van der Waals surface area (Å²) in [4.78, 5) is 5.06. The second-order valence-electron chi connectivity index (χ2n) is 18.1. The highest BCUT2D eigenvalue weighted by atomic mass is 15.2. The Morgan fingerprint density at radius 3 is 1.04 bits per heavy atom. The number of anilines is 6. The van der Waals surface area contributed by atoms with Crippen molar-refractivity contribution in [1.29, 1.82) is 0 Å². The molecule has 2 aliphatic rings. The summed E-state index contributed by atoms with van der Waals surface area (Å²) in [5.74, 6) is 0. The van der Waals surface area contributed by atoms with Crippen LogP contribution in [0.1, 0.15) is 0 Å². The molecule has 3 heteroatoms. The molecule has 11 aromatic carbocycles. The van der Waals surface area contributed by atoms with E-state index in [-0.39, 0.29) is 6.71 Å². The minimum absolute atomic E-state index is 0.0458. The normalized spacial score (nSPS) is 12.3. The second kappa shape index (κ2) is 17.1. The molecule has 69 heavy (non-hydrogen) atoms. The van der Waals surface area contributed by atoms with Gasteiger partial charge < -0.3 is 9.80 Å². The zero-order chi connectivity index (χ0) is 45.7. The Balaban J connectivity index is 1.09. The maximum atomic E-state index is 2.54. The topological polar surface area (TPSA) is 6.48 Å². The van der Waals surface area contributed by atoms with Crippen LogP contribution in [0, 0.1) is 0 Å². The fraction of sp³-hybridized carbons (Fsp3) is 0. The zero-order valence-corrected chi connectivity index (χ0v) is 38.0. The van der Waals surface area contributed by atoms with Crippen molar-refractivity contribution in [2.45, 2.75) is 0 Å². The third-order valence-corrected chi connectivity index (χ3v) is 14.0. The van der Waals surface area contributed by atoms with Gasteiger partial charge in [-0.25, -0.2) is 0 Å². The van der Waals surface area contributed by atoms with E-state index in [1.54, 1.807) is 0 Å². The number of benzene rings is 11. The van der Waals surface area contributed by atoms with Gasteiger partial charge in [-0.1, -0.05) is 212 Å². The lowest BCUT2D eigenvalue weighted by Crippen LogP contribution is -2.61. The van der Waals surface area contributed by atoms with Crippen LogP contribution in [0.2, 0.25) is 0 Å². The van der Waals surface area contributed by atoms with E-state index in [1.165, 1.54) is 106 Å². The molecule has 2 aliphatic heterocycles. The molecule has 2 nitrogen and oxygen atoms in total. The number of para-hydroxylation sites is 1.